The summed E-state index contributed by atoms with van der Waals surface area (Å²) in [7, 11) is 0. The molecule has 1 fully saturated rings. The summed E-state index contributed by atoms with van der Waals surface area (Å²) >= 11 is 0. The summed E-state index contributed by atoms with van der Waals surface area (Å²) in [5.74, 6) is 1.03. The fourth-order valence-corrected chi connectivity index (χ4v) is 2.52. The van der Waals surface area contributed by atoms with Crippen molar-refractivity contribution in [1.29, 1.82) is 0 Å². The van der Waals surface area contributed by atoms with Crippen LogP contribution in [0.2, 0.25) is 0 Å². The van der Waals surface area contributed by atoms with Crippen LogP contribution in [0, 0.1) is 0 Å². The van der Waals surface area contributed by atoms with Gasteiger partial charge in [-0.15, -0.1) is 0 Å². The van der Waals surface area contributed by atoms with Crippen molar-refractivity contribution in [2.24, 2.45) is 0 Å². The average molecular weight is 304 g/mol. The van der Waals surface area contributed by atoms with Gasteiger partial charge in [0, 0.05) is 24.4 Å². The average Bonchev–Trinajstić information content (AvgIpc) is 3.38. The molecule has 23 heavy (non-hydrogen) atoms. The van der Waals surface area contributed by atoms with Crippen molar-refractivity contribution in [3.8, 4) is 5.69 Å². The van der Waals surface area contributed by atoms with Crippen LogP contribution in [0.4, 0.5) is 5.82 Å². The molecule has 1 saturated carbocycles. The van der Waals surface area contributed by atoms with Crippen molar-refractivity contribution in [1.82, 2.24) is 14.8 Å². The summed E-state index contributed by atoms with van der Waals surface area (Å²) < 4.78 is 1.79. The number of nitrogens with zero attached hydrogens (tertiary/aromatic N) is 3. The molecule has 1 aromatic carbocycles. The Morgan fingerprint density at radius 1 is 1.13 bits per heavy atom. The molecule has 0 unspecified atom stereocenters. The number of para-hydroxylation sites is 1. The maximum absolute atomic E-state index is 12.4. The van der Waals surface area contributed by atoms with E-state index < -0.39 is 0 Å². The minimum absolute atomic E-state index is 0.183. The minimum atomic E-state index is -0.183. The number of aromatic nitrogens is 3. The molecule has 1 aliphatic carbocycles. The van der Waals surface area contributed by atoms with E-state index in [2.05, 4.69) is 15.4 Å². The number of nitrogens with one attached hydrogen (secondary N) is 1. The monoisotopic (exact) mass is 304 g/mol. The highest BCUT2D eigenvalue weighted by atomic mass is 16.1. The molecule has 5 nitrogen and oxygen atoms in total. The third-order valence-electron chi connectivity index (χ3n) is 3.89. The van der Waals surface area contributed by atoms with Crippen molar-refractivity contribution in [2.75, 3.05) is 5.32 Å². The van der Waals surface area contributed by atoms with E-state index in [9.17, 15) is 4.79 Å². The van der Waals surface area contributed by atoms with Gasteiger partial charge in [-0.05, 0) is 37.1 Å². The molecule has 3 aromatic rings. The SMILES string of the molecule is O=C(Nc1cc(C2CC2)nn1-c1ccccc1)c1cccnc1. The number of carbonyl (C=O) groups excluding carboxylic acids is 1. The van der Waals surface area contributed by atoms with Crippen LogP contribution in [0.5, 0.6) is 0 Å². The van der Waals surface area contributed by atoms with Crippen LogP contribution in [-0.2, 0) is 0 Å². The molecule has 2 aromatic heterocycles. The maximum Gasteiger partial charge on any atom is 0.258 e. The lowest BCUT2D eigenvalue weighted by Gasteiger charge is -2.08. The van der Waals surface area contributed by atoms with E-state index in [0.29, 0.717) is 17.3 Å². The van der Waals surface area contributed by atoms with Crippen LogP contribution >= 0.6 is 0 Å². The number of carbonyl (C=O) groups is 1. The van der Waals surface area contributed by atoms with Crippen LogP contribution < -0.4 is 5.32 Å². The van der Waals surface area contributed by atoms with Crippen molar-refractivity contribution >= 4 is 11.7 Å². The Morgan fingerprint density at radius 3 is 2.65 bits per heavy atom. The Bertz CT molecular complexity index is 823. The summed E-state index contributed by atoms with van der Waals surface area (Å²) in [5, 5.41) is 7.63. The van der Waals surface area contributed by atoms with Gasteiger partial charge in [0.05, 0.1) is 16.9 Å². The van der Waals surface area contributed by atoms with Gasteiger partial charge < -0.3 is 5.32 Å². The second-order valence-corrected chi connectivity index (χ2v) is 5.67. The summed E-state index contributed by atoms with van der Waals surface area (Å²) in [5.41, 5.74) is 2.50. The van der Waals surface area contributed by atoms with Crippen molar-refractivity contribution in [3.63, 3.8) is 0 Å². The van der Waals surface area contributed by atoms with Crippen LogP contribution in [0.25, 0.3) is 5.69 Å². The highest BCUT2D eigenvalue weighted by Gasteiger charge is 2.28. The third kappa shape index (κ3) is 2.85. The number of anilines is 1. The molecule has 1 N–H and O–H groups in total. The van der Waals surface area contributed by atoms with Gasteiger partial charge in [0.2, 0.25) is 0 Å². The van der Waals surface area contributed by atoms with Crippen LogP contribution in [0.3, 0.4) is 0 Å². The second-order valence-electron chi connectivity index (χ2n) is 5.67. The molecule has 114 valence electrons. The molecule has 0 atom stereocenters. The topological polar surface area (TPSA) is 59.8 Å². The molecule has 1 amide bonds. The van der Waals surface area contributed by atoms with Crippen molar-refractivity contribution in [2.45, 2.75) is 18.8 Å². The first kappa shape index (κ1) is 13.7. The van der Waals surface area contributed by atoms with Gasteiger partial charge in [-0.25, -0.2) is 4.68 Å². The lowest BCUT2D eigenvalue weighted by Crippen LogP contribution is -2.15. The molecule has 0 aliphatic heterocycles. The number of hydrogen-bond acceptors (Lipinski definition) is 3. The zero-order valence-electron chi connectivity index (χ0n) is 12.5. The predicted molar refractivity (Wildman–Crippen MR) is 87.7 cm³/mol. The van der Waals surface area contributed by atoms with Gasteiger partial charge in [0.1, 0.15) is 5.82 Å². The smallest absolute Gasteiger partial charge is 0.258 e. The quantitative estimate of drug-likeness (QED) is 0.803. The molecular weight excluding hydrogens is 288 g/mol. The zero-order chi connectivity index (χ0) is 15.6. The molecule has 4 rings (SSSR count). The molecular formula is C18H16N4O. The number of pyridine rings is 1. The summed E-state index contributed by atoms with van der Waals surface area (Å²) in [4.78, 5) is 16.4. The Labute approximate surface area is 134 Å². The number of benzene rings is 1. The van der Waals surface area contributed by atoms with Crippen LogP contribution in [-0.4, -0.2) is 20.7 Å². The molecule has 0 radical (unpaired) electrons. The largest absolute Gasteiger partial charge is 0.306 e. The van der Waals surface area contributed by atoms with E-state index in [0.717, 1.165) is 11.4 Å². The molecule has 0 bridgehead atoms. The number of rotatable bonds is 4. The van der Waals surface area contributed by atoms with Gasteiger partial charge in [-0.2, -0.15) is 5.10 Å². The highest BCUT2D eigenvalue weighted by molar-refractivity contribution is 6.03. The fraction of sp³-hybridized carbons (Fsp3) is 0.167. The number of hydrogen-bond donors (Lipinski definition) is 1. The lowest BCUT2D eigenvalue weighted by molar-refractivity contribution is 0.102. The van der Waals surface area contributed by atoms with Crippen molar-refractivity contribution in [3.05, 3.63) is 72.2 Å². The molecule has 1 aliphatic rings. The van der Waals surface area contributed by atoms with Crippen LogP contribution in [0.1, 0.15) is 34.8 Å². The first-order valence-corrected chi connectivity index (χ1v) is 7.68. The van der Waals surface area contributed by atoms with E-state index in [4.69, 9.17) is 0 Å². The van der Waals surface area contributed by atoms with E-state index in [1.165, 1.54) is 12.8 Å². The summed E-state index contributed by atoms with van der Waals surface area (Å²) in [6.07, 6.45) is 5.54. The molecule has 0 spiro atoms. The zero-order valence-corrected chi connectivity index (χ0v) is 12.5. The maximum atomic E-state index is 12.4. The van der Waals surface area contributed by atoms with Gasteiger partial charge in [0.25, 0.3) is 5.91 Å². The minimum Gasteiger partial charge on any atom is -0.306 e. The Kier molecular flexibility index (Phi) is 3.38. The van der Waals surface area contributed by atoms with Crippen LogP contribution in [0.15, 0.2) is 60.9 Å². The normalized spacial score (nSPS) is 13.7. The van der Waals surface area contributed by atoms with Gasteiger partial charge >= 0.3 is 0 Å². The number of amides is 1. The Hall–Kier alpha value is -2.95. The standard InChI is InChI=1S/C18H16N4O/c23-18(14-5-4-10-19-12-14)20-17-11-16(13-8-9-13)21-22(17)15-6-2-1-3-7-15/h1-7,10-13H,8-9H2,(H,20,23). The summed E-state index contributed by atoms with van der Waals surface area (Å²) in [6, 6.07) is 15.3. The molecule has 0 saturated heterocycles. The van der Waals surface area contributed by atoms with E-state index in [1.54, 1.807) is 29.2 Å². The third-order valence-corrected chi connectivity index (χ3v) is 3.89. The first-order valence-electron chi connectivity index (χ1n) is 7.68. The fourth-order valence-electron chi connectivity index (χ4n) is 2.52. The first-order chi connectivity index (χ1) is 11.3. The second kappa shape index (κ2) is 5.68. The van der Waals surface area contributed by atoms with Gasteiger partial charge in [-0.1, -0.05) is 18.2 Å². The molecule has 2 heterocycles. The highest BCUT2D eigenvalue weighted by Crippen LogP contribution is 2.40. The predicted octanol–water partition coefficient (Wildman–Crippen LogP) is 3.40. The Balaban J connectivity index is 1.68. The molecule has 5 heteroatoms. The van der Waals surface area contributed by atoms with E-state index in [-0.39, 0.29) is 5.91 Å². The Morgan fingerprint density at radius 2 is 1.96 bits per heavy atom. The van der Waals surface area contributed by atoms with E-state index in [1.807, 2.05) is 36.4 Å². The van der Waals surface area contributed by atoms with Gasteiger partial charge in [-0.3, -0.25) is 9.78 Å². The summed E-state index contributed by atoms with van der Waals surface area (Å²) in [6.45, 7) is 0. The van der Waals surface area contributed by atoms with Gasteiger partial charge in [0.15, 0.2) is 0 Å². The van der Waals surface area contributed by atoms with Crippen molar-refractivity contribution < 1.29 is 4.79 Å². The lowest BCUT2D eigenvalue weighted by atomic mass is 10.2. The van der Waals surface area contributed by atoms with E-state index >= 15 is 0 Å².